The molecule has 1 amide bonds. The summed E-state index contributed by atoms with van der Waals surface area (Å²) < 4.78 is 0. The van der Waals surface area contributed by atoms with Gasteiger partial charge in [-0.25, -0.2) is 4.79 Å². The molecule has 5 nitrogen and oxygen atoms in total. The van der Waals surface area contributed by atoms with E-state index in [-0.39, 0.29) is 0 Å². The number of aliphatic carboxylic acids is 1. The summed E-state index contributed by atoms with van der Waals surface area (Å²) in [6.45, 7) is -0.646. The Morgan fingerprint density at radius 3 is 2.26 bits per heavy atom. The molecule has 1 unspecified atom stereocenters. The molecule has 0 heterocycles. The number of carboxylic acid groups (broad SMARTS) is 1. The number of carbonyl (C=O) groups is 2. The van der Waals surface area contributed by atoms with Gasteiger partial charge in [0.1, 0.15) is 0 Å². The van der Waals surface area contributed by atoms with Crippen molar-refractivity contribution >= 4 is 11.9 Å². The minimum atomic E-state index is -1.30. The lowest BCUT2D eigenvalue weighted by molar-refractivity contribution is -0.140. The highest BCUT2D eigenvalue weighted by atomic mass is 16.4. The Kier molecular flexibility index (Phi) is 5.88. The molecule has 2 aromatic rings. The van der Waals surface area contributed by atoms with E-state index >= 15 is 0 Å². The molecule has 3 N–H and O–H groups in total. The maximum absolute atomic E-state index is 12.3. The third-order valence-electron chi connectivity index (χ3n) is 3.57. The number of amides is 1. The van der Waals surface area contributed by atoms with Crippen molar-refractivity contribution in [2.45, 2.75) is 18.9 Å². The quantitative estimate of drug-likeness (QED) is 0.725. The van der Waals surface area contributed by atoms with E-state index in [1.54, 1.807) is 12.1 Å². The molecule has 0 saturated carbocycles. The van der Waals surface area contributed by atoms with Crippen LogP contribution in [0.4, 0.5) is 0 Å². The van der Waals surface area contributed by atoms with Crippen LogP contribution in [-0.4, -0.2) is 34.7 Å². The van der Waals surface area contributed by atoms with Crippen molar-refractivity contribution in [3.63, 3.8) is 0 Å². The second-order valence-corrected chi connectivity index (χ2v) is 5.19. The lowest BCUT2D eigenvalue weighted by Crippen LogP contribution is -2.43. The highest BCUT2D eigenvalue weighted by molar-refractivity contribution is 5.97. The van der Waals surface area contributed by atoms with Crippen LogP contribution < -0.4 is 5.32 Å². The van der Waals surface area contributed by atoms with Gasteiger partial charge in [0.15, 0.2) is 6.04 Å². The predicted molar refractivity (Wildman–Crippen MR) is 86.3 cm³/mol. The molecule has 0 saturated heterocycles. The Labute approximate surface area is 134 Å². The van der Waals surface area contributed by atoms with Gasteiger partial charge < -0.3 is 15.5 Å². The van der Waals surface area contributed by atoms with Crippen molar-refractivity contribution in [1.82, 2.24) is 5.32 Å². The zero-order valence-electron chi connectivity index (χ0n) is 12.6. The summed E-state index contributed by atoms with van der Waals surface area (Å²) in [5, 5.41) is 20.3. The van der Waals surface area contributed by atoms with Crippen LogP contribution in [0.3, 0.4) is 0 Å². The summed E-state index contributed by atoms with van der Waals surface area (Å²) >= 11 is 0. The molecule has 0 radical (unpaired) electrons. The third-order valence-corrected chi connectivity index (χ3v) is 3.57. The van der Waals surface area contributed by atoms with Crippen LogP contribution in [0.25, 0.3) is 0 Å². The fraction of sp³-hybridized carbons (Fsp3) is 0.222. The van der Waals surface area contributed by atoms with E-state index in [1.807, 2.05) is 42.5 Å². The molecule has 120 valence electrons. The normalized spacial score (nSPS) is 11.7. The lowest BCUT2D eigenvalue weighted by atomic mass is 9.99. The fourth-order valence-electron chi connectivity index (χ4n) is 2.30. The second kappa shape index (κ2) is 8.10. The van der Waals surface area contributed by atoms with Gasteiger partial charge in [0.25, 0.3) is 5.91 Å². The first kappa shape index (κ1) is 16.7. The van der Waals surface area contributed by atoms with Crippen LogP contribution in [-0.2, 0) is 17.6 Å². The van der Waals surface area contributed by atoms with Crippen molar-refractivity contribution < 1.29 is 19.8 Å². The van der Waals surface area contributed by atoms with E-state index in [0.29, 0.717) is 12.0 Å². The first-order valence-corrected chi connectivity index (χ1v) is 7.38. The molecule has 23 heavy (non-hydrogen) atoms. The number of aryl methyl sites for hydroxylation is 2. The monoisotopic (exact) mass is 313 g/mol. The number of aliphatic hydroxyl groups is 1. The topological polar surface area (TPSA) is 86.6 Å². The molecule has 0 fully saturated rings. The average Bonchev–Trinajstić information content (AvgIpc) is 2.58. The Bertz CT molecular complexity index is 670. The molecule has 0 aliphatic rings. The molecule has 5 heteroatoms. The minimum Gasteiger partial charge on any atom is -0.480 e. The van der Waals surface area contributed by atoms with E-state index in [2.05, 4.69) is 5.32 Å². The smallest absolute Gasteiger partial charge is 0.328 e. The molecule has 0 spiro atoms. The molecule has 0 aliphatic heterocycles. The summed E-state index contributed by atoms with van der Waals surface area (Å²) in [6.07, 6.45) is 1.46. The average molecular weight is 313 g/mol. The van der Waals surface area contributed by atoms with Gasteiger partial charge in [-0.3, -0.25) is 4.79 Å². The number of hydrogen-bond donors (Lipinski definition) is 3. The van der Waals surface area contributed by atoms with Gasteiger partial charge in [-0.15, -0.1) is 0 Å². The van der Waals surface area contributed by atoms with Gasteiger partial charge >= 0.3 is 5.97 Å². The molecule has 1 atom stereocenters. The van der Waals surface area contributed by atoms with Crippen LogP contribution in [0.2, 0.25) is 0 Å². The highest BCUT2D eigenvalue weighted by Gasteiger charge is 2.20. The largest absolute Gasteiger partial charge is 0.480 e. The zero-order chi connectivity index (χ0) is 16.7. The summed E-state index contributed by atoms with van der Waals surface area (Å²) in [4.78, 5) is 23.2. The van der Waals surface area contributed by atoms with Gasteiger partial charge in [-0.05, 0) is 30.0 Å². The molecular formula is C18H19NO4. The number of nitrogens with one attached hydrogen (secondary N) is 1. The van der Waals surface area contributed by atoms with Gasteiger partial charge in [0.2, 0.25) is 0 Å². The number of carbonyl (C=O) groups excluding carboxylic acids is 1. The highest BCUT2D eigenvalue weighted by Crippen LogP contribution is 2.13. The number of rotatable bonds is 7. The maximum atomic E-state index is 12.3. The van der Waals surface area contributed by atoms with Crippen LogP contribution in [0.15, 0.2) is 54.6 Å². The fourth-order valence-corrected chi connectivity index (χ4v) is 2.30. The summed E-state index contributed by atoms with van der Waals surface area (Å²) in [5.41, 5.74) is 2.44. The molecule has 0 bridgehead atoms. The predicted octanol–water partition coefficient (Wildman–Crippen LogP) is 1.65. The van der Waals surface area contributed by atoms with Crippen LogP contribution in [0, 0.1) is 0 Å². The van der Waals surface area contributed by atoms with E-state index in [9.17, 15) is 9.59 Å². The van der Waals surface area contributed by atoms with E-state index in [1.165, 1.54) is 5.56 Å². The van der Waals surface area contributed by atoms with Crippen molar-refractivity contribution in [3.05, 3.63) is 71.3 Å². The molecule has 2 aromatic carbocycles. The van der Waals surface area contributed by atoms with E-state index < -0.39 is 24.5 Å². The Hall–Kier alpha value is -2.66. The second-order valence-electron chi connectivity index (χ2n) is 5.19. The Balaban J connectivity index is 2.10. The third kappa shape index (κ3) is 4.66. The van der Waals surface area contributed by atoms with Crippen molar-refractivity contribution in [1.29, 1.82) is 0 Å². The molecule has 2 rings (SSSR count). The Morgan fingerprint density at radius 2 is 1.61 bits per heavy atom. The molecular weight excluding hydrogens is 294 g/mol. The zero-order valence-corrected chi connectivity index (χ0v) is 12.6. The van der Waals surface area contributed by atoms with Gasteiger partial charge in [0, 0.05) is 5.56 Å². The lowest BCUT2D eigenvalue weighted by Gasteiger charge is -2.14. The molecule has 0 aromatic heterocycles. The first-order valence-electron chi connectivity index (χ1n) is 7.38. The SMILES string of the molecule is O=C(NC(CO)C(=O)O)c1ccccc1CCc1ccccc1. The maximum Gasteiger partial charge on any atom is 0.328 e. The van der Waals surface area contributed by atoms with Crippen molar-refractivity contribution in [3.8, 4) is 0 Å². The van der Waals surface area contributed by atoms with Crippen LogP contribution >= 0.6 is 0 Å². The van der Waals surface area contributed by atoms with Crippen molar-refractivity contribution in [2.24, 2.45) is 0 Å². The van der Waals surface area contributed by atoms with Crippen LogP contribution in [0.5, 0.6) is 0 Å². The van der Waals surface area contributed by atoms with E-state index in [4.69, 9.17) is 10.2 Å². The number of carboxylic acids is 1. The number of benzene rings is 2. The van der Waals surface area contributed by atoms with Crippen molar-refractivity contribution in [2.75, 3.05) is 6.61 Å². The summed E-state index contributed by atoms with van der Waals surface area (Å²) in [5.74, 6) is -1.75. The summed E-state index contributed by atoms with van der Waals surface area (Å²) in [7, 11) is 0. The van der Waals surface area contributed by atoms with Gasteiger partial charge in [-0.1, -0.05) is 48.5 Å². The molecule has 0 aliphatic carbocycles. The van der Waals surface area contributed by atoms with E-state index in [0.717, 1.165) is 12.0 Å². The standard InChI is InChI=1S/C18H19NO4/c20-12-16(18(22)23)19-17(21)15-9-5-4-8-14(15)11-10-13-6-2-1-3-7-13/h1-9,16,20H,10-12H2,(H,19,21)(H,22,23). The summed E-state index contributed by atoms with van der Waals surface area (Å²) in [6, 6.07) is 15.7. The minimum absolute atomic E-state index is 0.433. The number of hydrogen-bond acceptors (Lipinski definition) is 3. The van der Waals surface area contributed by atoms with Crippen LogP contribution in [0.1, 0.15) is 21.5 Å². The van der Waals surface area contributed by atoms with Gasteiger partial charge in [-0.2, -0.15) is 0 Å². The van der Waals surface area contributed by atoms with Gasteiger partial charge in [0.05, 0.1) is 6.61 Å². The Morgan fingerprint density at radius 1 is 0.957 bits per heavy atom. The number of aliphatic hydroxyl groups excluding tert-OH is 1. The first-order chi connectivity index (χ1) is 11.1.